The van der Waals surface area contributed by atoms with E-state index in [-0.39, 0.29) is 12.5 Å². The summed E-state index contributed by atoms with van der Waals surface area (Å²) in [5.41, 5.74) is 0. The first-order valence-electron chi connectivity index (χ1n) is 7.27. The third-order valence-electron chi connectivity index (χ3n) is 3.96. The molecule has 2 N–H and O–H groups in total. The molecule has 19 heavy (non-hydrogen) atoms. The summed E-state index contributed by atoms with van der Waals surface area (Å²) in [6.45, 7) is 2.70. The smallest absolute Gasteiger partial charge is 0.407 e. The molecule has 0 unspecified atom stereocenters. The molecule has 0 aromatic rings. The Bertz CT molecular complexity index is 306. The van der Waals surface area contributed by atoms with Crippen molar-refractivity contribution < 1.29 is 19.8 Å². The van der Waals surface area contributed by atoms with Crippen LogP contribution in [0, 0.1) is 11.8 Å². The van der Waals surface area contributed by atoms with E-state index in [0.29, 0.717) is 6.54 Å². The van der Waals surface area contributed by atoms with Crippen molar-refractivity contribution in [3.8, 4) is 0 Å². The first-order chi connectivity index (χ1) is 9.06. The fraction of sp³-hybridized carbons (Fsp3) is 0.857. The summed E-state index contributed by atoms with van der Waals surface area (Å²) in [6.07, 6.45) is 6.86. The number of carbonyl (C=O) groups is 2. The molecule has 1 rings (SSSR count). The lowest BCUT2D eigenvalue weighted by atomic mass is 9.90. The molecular formula is C14H25NO4. The summed E-state index contributed by atoms with van der Waals surface area (Å²) in [7, 11) is 0. The molecule has 1 heterocycles. The molecule has 1 amide bonds. The Labute approximate surface area is 114 Å². The quantitative estimate of drug-likeness (QED) is 0.665. The van der Waals surface area contributed by atoms with Crippen LogP contribution >= 0.6 is 0 Å². The Morgan fingerprint density at radius 3 is 2.26 bits per heavy atom. The number of unbranched alkanes of at least 4 members (excludes halogenated alkanes) is 5. The van der Waals surface area contributed by atoms with Crippen LogP contribution in [0.25, 0.3) is 0 Å². The van der Waals surface area contributed by atoms with Gasteiger partial charge in [0.05, 0.1) is 5.92 Å². The Hall–Kier alpha value is -1.26. The summed E-state index contributed by atoms with van der Waals surface area (Å²) in [5, 5.41) is 18.1. The molecule has 1 aliphatic heterocycles. The number of carboxylic acids is 1. The second-order valence-corrected chi connectivity index (χ2v) is 5.45. The molecule has 0 aromatic carbocycles. The van der Waals surface area contributed by atoms with Crippen LogP contribution in [0.15, 0.2) is 0 Å². The maximum absolute atomic E-state index is 11.1. The average molecular weight is 271 g/mol. The Morgan fingerprint density at radius 1 is 1.05 bits per heavy atom. The summed E-state index contributed by atoms with van der Waals surface area (Å²) in [4.78, 5) is 23.3. The Morgan fingerprint density at radius 2 is 1.68 bits per heavy atom. The van der Waals surface area contributed by atoms with Gasteiger partial charge in [0, 0.05) is 13.1 Å². The predicted octanol–water partition coefficient (Wildman–Crippen LogP) is 3.05. The van der Waals surface area contributed by atoms with Crippen molar-refractivity contribution in [2.45, 2.75) is 51.9 Å². The van der Waals surface area contributed by atoms with E-state index in [0.717, 1.165) is 19.3 Å². The second-order valence-electron chi connectivity index (χ2n) is 5.45. The van der Waals surface area contributed by atoms with E-state index in [2.05, 4.69) is 6.92 Å². The molecule has 1 saturated heterocycles. The monoisotopic (exact) mass is 271 g/mol. The van der Waals surface area contributed by atoms with Crippen molar-refractivity contribution in [3.05, 3.63) is 0 Å². The van der Waals surface area contributed by atoms with Crippen molar-refractivity contribution in [2.24, 2.45) is 11.8 Å². The fourth-order valence-corrected chi connectivity index (χ4v) is 2.79. The maximum atomic E-state index is 11.1. The average Bonchev–Trinajstić information content (AvgIpc) is 2.78. The number of likely N-dealkylation sites (tertiary alicyclic amines) is 1. The van der Waals surface area contributed by atoms with E-state index in [4.69, 9.17) is 10.2 Å². The summed E-state index contributed by atoms with van der Waals surface area (Å²) in [5.74, 6) is -1.40. The molecule has 110 valence electrons. The van der Waals surface area contributed by atoms with E-state index in [1.807, 2.05) is 0 Å². The minimum Gasteiger partial charge on any atom is -0.481 e. The number of hydrogen-bond acceptors (Lipinski definition) is 2. The van der Waals surface area contributed by atoms with Gasteiger partial charge < -0.3 is 15.1 Å². The van der Waals surface area contributed by atoms with Gasteiger partial charge in [-0.1, -0.05) is 45.4 Å². The molecule has 0 radical (unpaired) electrons. The van der Waals surface area contributed by atoms with E-state index in [1.165, 1.54) is 30.6 Å². The first kappa shape index (κ1) is 15.8. The third-order valence-corrected chi connectivity index (χ3v) is 3.96. The summed E-state index contributed by atoms with van der Waals surface area (Å²) in [6, 6.07) is 0. The van der Waals surface area contributed by atoms with E-state index < -0.39 is 18.0 Å². The van der Waals surface area contributed by atoms with E-state index >= 15 is 0 Å². The van der Waals surface area contributed by atoms with Gasteiger partial charge in [0.2, 0.25) is 0 Å². The van der Waals surface area contributed by atoms with Crippen molar-refractivity contribution >= 4 is 12.1 Å². The molecule has 1 aliphatic rings. The highest BCUT2D eigenvalue weighted by atomic mass is 16.4. The predicted molar refractivity (Wildman–Crippen MR) is 72.2 cm³/mol. The molecule has 0 aliphatic carbocycles. The van der Waals surface area contributed by atoms with Gasteiger partial charge in [-0.15, -0.1) is 0 Å². The number of amides is 1. The zero-order valence-electron chi connectivity index (χ0n) is 11.7. The molecule has 1 fully saturated rings. The molecule has 0 bridgehead atoms. The Balaban J connectivity index is 2.30. The van der Waals surface area contributed by atoms with Crippen LogP contribution in [0.1, 0.15) is 51.9 Å². The third kappa shape index (κ3) is 5.09. The molecule has 0 saturated carbocycles. The van der Waals surface area contributed by atoms with Crippen LogP contribution in [0.5, 0.6) is 0 Å². The van der Waals surface area contributed by atoms with Gasteiger partial charge in [-0.3, -0.25) is 4.79 Å². The van der Waals surface area contributed by atoms with Crippen LogP contribution in [0.4, 0.5) is 4.79 Å². The zero-order chi connectivity index (χ0) is 14.3. The molecule has 5 nitrogen and oxygen atoms in total. The molecular weight excluding hydrogens is 246 g/mol. The topological polar surface area (TPSA) is 77.8 Å². The largest absolute Gasteiger partial charge is 0.481 e. The van der Waals surface area contributed by atoms with Crippen molar-refractivity contribution in [3.63, 3.8) is 0 Å². The van der Waals surface area contributed by atoms with Gasteiger partial charge in [-0.2, -0.15) is 0 Å². The second kappa shape index (κ2) is 8.02. The van der Waals surface area contributed by atoms with Gasteiger partial charge in [0.1, 0.15) is 0 Å². The highest BCUT2D eigenvalue weighted by molar-refractivity contribution is 5.73. The lowest BCUT2D eigenvalue weighted by molar-refractivity contribution is -0.142. The minimum absolute atomic E-state index is 0.0141. The zero-order valence-corrected chi connectivity index (χ0v) is 11.7. The highest BCUT2D eigenvalue weighted by Gasteiger charge is 2.39. The summed E-state index contributed by atoms with van der Waals surface area (Å²) >= 11 is 0. The normalized spacial score (nSPS) is 22.7. The van der Waals surface area contributed by atoms with E-state index in [1.54, 1.807) is 0 Å². The lowest BCUT2D eigenvalue weighted by Crippen LogP contribution is -2.28. The molecule has 2 atom stereocenters. The van der Waals surface area contributed by atoms with Gasteiger partial charge in [0.15, 0.2) is 0 Å². The standard InChI is InChI=1S/C14H25NO4/c1-2-3-4-5-6-7-8-11-9-15(14(18)19)10-12(11)13(16)17/h11-12H,2-10H2,1H3,(H,16,17)(H,18,19)/t11-,12-/m1/s1. The summed E-state index contributed by atoms with van der Waals surface area (Å²) < 4.78 is 0. The number of rotatable bonds is 8. The first-order valence-corrected chi connectivity index (χ1v) is 7.27. The SMILES string of the molecule is CCCCCCCC[C@@H]1CN(C(=O)O)C[C@H]1C(=O)O. The van der Waals surface area contributed by atoms with Crippen molar-refractivity contribution in [1.82, 2.24) is 4.90 Å². The van der Waals surface area contributed by atoms with Crippen LogP contribution < -0.4 is 0 Å². The van der Waals surface area contributed by atoms with Crippen molar-refractivity contribution in [2.75, 3.05) is 13.1 Å². The molecule has 5 heteroatoms. The number of aliphatic carboxylic acids is 1. The Kier molecular flexibility index (Phi) is 6.67. The highest BCUT2D eigenvalue weighted by Crippen LogP contribution is 2.28. The van der Waals surface area contributed by atoms with Gasteiger partial charge in [0.25, 0.3) is 0 Å². The van der Waals surface area contributed by atoms with Crippen LogP contribution in [0.3, 0.4) is 0 Å². The van der Waals surface area contributed by atoms with Gasteiger partial charge in [-0.05, 0) is 12.3 Å². The van der Waals surface area contributed by atoms with Crippen LogP contribution in [0.2, 0.25) is 0 Å². The maximum Gasteiger partial charge on any atom is 0.407 e. The van der Waals surface area contributed by atoms with Crippen LogP contribution in [-0.2, 0) is 4.79 Å². The van der Waals surface area contributed by atoms with Gasteiger partial charge in [-0.25, -0.2) is 4.79 Å². The number of carboxylic acid groups (broad SMARTS) is 2. The molecule has 0 spiro atoms. The van der Waals surface area contributed by atoms with Gasteiger partial charge >= 0.3 is 12.1 Å². The lowest BCUT2D eigenvalue weighted by Gasteiger charge is -2.13. The minimum atomic E-state index is -1.00. The molecule has 0 aromatic heterocycles. The number of hydrogen-bond donors (Lipinski definition) is 2. The van der Waals surface area contributed by atoms with E-state index in [9.17, 15) is 9.59 Å². The van der Waals surface area contributed by atoms with Crippen LogP contribution in [-0.4, -0.2) is 40.3 Å². The number of nitrogens with zero attached hydrogens (tertiary/aromatic N) is 1. The fourth-order valence-electron chi connectivity index (χ4n) is 2.79. The van der Waals surface area contributed by atoms with Crippen molar-refractivity contribution in [1.29, 1.82) is 0 Å².